The van der Waals surface area contributed by atoms with Crippen LogP contribution in [-0.2, 0) is 0 Å². The van der Waals surface area contributed by atoms with Crippen LogP contribution in [0.5, 0.6) is 0 Å². The molecule has 0 radical (unpaired) electrons. The molecule has 1 aromatic carbocycles. The van der Waals surface area contributed by atoms with Crippen LogP contribution >= 0.6 is 24.0 Å². The number of piperazine rings is 1. The molecule has 2 rings (SSSR count). The van der Waals surface area contributed by atoms with Crippen LogP contribution in [0.3, 0.4) is 0 Å². The minimum atomic E-state index is -0.291. The summed E-state index contributed by atoms with van der Waals surface area (Å²) in [6, 6.07) is 7.93. The zero-order chi connectivity index (χ0) is 12.1. The molecule has 0 aromatic heterocycles. The Morgan fingerprint density at radius 3 is 2.67 bits per heavy atom. The number of hydrogen-bond acceptors (Lipinski definition) is 2. The van der Waals surface area contributed by atoms with Gasteiger partial charge in [-0.1, -0.05) is 23.7 Å². The van der Waals surface area contributed by atoms with Gasteiger partial charge < -0.3 is 5.32 Å². The monoisotopic (exact) mass is 292 g/mol. The van der Waals surface area contributed by atoms with Crippen molar-refractivity contribution in [2.24, 2.45) is 0 Å². The molecule has 2 nitrogen and oxygen atoms in total. The average molecular weight is 293 g/mol. The van der Waals surface area contributed by atoms with Crippen molar-refractivity contribution in [2.75, 3.05) is 32.9 Å². The van der Waals surface area contributed by atoms with Gasteiger partial charge >= 0.3 is 0 Å². The number of alkyl halides is 1. The van der Waals surface area contributed by atoms with Crippen LogP contribution in [0.25, 0.3) is 0 Å². The smallest absolute Gasteiger partial charge is 0.0912 e. The summed E-state index contributed by atoms with van der Waals surface area (Å²) >= 11 is 6.00. The molecule has 0 saturated carbocycles. The average Bonchev–Trinajstić information content (AvgIpc) is 2.37. The molecule has 0 amide bonds. The van der Waals surface area contributed by atoms with Crippen molar-refractivity contribution < 1.29 is 4.39 Å². The highest BCUT2D eigenvalue weighted by Crippen LogP contribution is 2.26. The van der Waals surface area contributed by atoms with E-state index >= 15 is 0 Å². The van der Waals surface area contributed by atoms with E-state index in [2.05, 4.69) is 10.2 Å². The maximum absolute atomic E-state index is 12.7. The van der Waals surface area contributed by atoms with Crippen molar-refractivity contribution in [1.82, 2.24) is 10.2 Å². The zero-order valence-corrected chi connectivity index (χ0v) is 11.8. The molecule has 1 aliphatic rings. The first-order chi connectivity index (χ1) is 8.31. The first kappa shape index (κ1) is 15.7. The summed E-state index contributed by atoms with van der Waals surface area (Å²) in [7, 11) is 0. The van der Waals surface area contributed by atoms with Crippen LogP contribution < -0.4 is 5.32 Å². The fourth-order valence-electron chi connectivity index (χ4n) is 2.37. The summed E-state index contributed by atoms with van der Waals surface area (Å²) in [5.74, 6) is 0. The van der Waals surface area contributed by atoms with Crippen molar-refractivity contribution in [2.45, 2.75) is 12.5 Å². The van der Waals surface area contributed by atoms with Gasteiger partial charge in [-0.05, 0) is 24.1 Å². The van der Waals surface area contributed by atoms with E-state index in [1.54, 1.807) is 0 Å². The zero-order valence-electron chi connectivity index (χ0n) is 10.2. The second kappa shape index (κ2) is 7.95. The topological polar surface area (TPSA) is 15.3 Å². The Kier molecular flexibility index (Phi) is 6.94. The first-order valence-corrected chi connectivity index (χ1v) is 6.45. The summed E-state index contributed by atoms with van der Waals surface area (Å²) in [4.78, 5) is 2.34. The minimum Gasteiger partial charge on any atom is -0.314 e. The van der Waals surface area contributed by atoms with E-state index in [1.165, 1.54) is 0 Å². The molecule has 1 saturated heterocycles. The van der Waals surface area contributed by atoms with Gasteiger partial charge in [-0.25, -0.2) is 0 Å². The van der Waals surface area contributed by atoms with Gasteiger partial charge in [0.2, 0.25) is 0 Å². The van der Waals surface area contributed by atoms with Gasteiger partial charge in [-0.2, -0.15) is 0 Å². The van der Waals surface area contributed by atoms with Crippen molar-refractivity contribution >= 4 is 24.0 Å². The fourth-order valence-corrected chi connectivity index (χ4v) is 2.57. The van der Waals surface area contributed by atoms with E-state index in [4.69, 9.17) is 11.6 Å². The van der Waals surface area contributed by atoms with Crippen LogP contribution in [0.15, 0.2) is 24.3 Å². The third-order valence-corrected chi connectivity index (χ3v) is 3.44. The summed E-state index contributed by atoms with van der Waals surface area (Å²) in [5.41, 5.74) is 1.12. The fraction of sp³-hybridized carbons (Fsp3) is 0.538. The molecule has 1 aromatic rings. The number of nitrogens with zero attached hydrogens (tertiary/aromatic N) is 1. The minimum absolute atomic E-state index is 0. The second-order valence-corrected chi connectivity index (χ2v) is 4.77. The SMILES string of the molecule is Cl.FCC[C@@H](c1cccc(Cl)c1)N1CCNCC1. The Bertz CT molecular complexity index is 357. The summed E-state index contributed by atoms with van der Waals surface area (Å²) in [6.07, 6.45) is 0.542. The number of nitrogens with one attached hydrogen (secondary N) is 1. The van der Waals surface area contributed by atoms with Gasteiger partial charge in [0.05, 0.1) is 6.67 Å². The molecule has 0 unspecified atom stereocenters. The largest absolute Gasteiger partial charge is 0.314 e. The molecule has 0 spiro atoms. The predicted molar refractivity (Wildman–Crippen MR) is 76.5 cm³/mol. The van der Waals surface area contributed by atoms with Crippen molar-refractivity contribution in [3.8, 4) is 0 Å². The molecule has 1 heterocycles. The third kappa shape index (κ3) is 4.09. The Morgan fingerprint density at radius 2 is 2.06 bits per heavy atom. The Balaban J connectivity index is 0.00000162. The maximum Gasteiger partial charge on any atom is 0.0912 e. The molecule has 1 fully saturated rings. The van der Waals surface area contributed by atoms with Crippen molar-refractivity contribution in [3.63, 3.8) is 0 Å². The third-order valence-electron chi connectivity index (χ3n) is 3.21. The van der Waals surface area contributed by atoms with Crippen LogP contribution in [0, 0.1) is 0 Å². The number of halogens is 3. The lowest BCUT2D eigenvalue weighted by Crippen LogP contribution is -2.45. The Hall–Kier alpha value is -0.350. The molecule has 102 valence electrons. The number of hydrogen-bond donors (Lipinski definition) is 1. The van der Waals surface area contributed by atoms with Crippen LogP contribution in [0.2, 0.25) is 5.02 Å². The summed E-state index contributed by atoms with van der Waals surface area (Å²) < 4.78 is 12.7. The lowest BCUT2D eigenvalue weighted by molar-refractivity contribution is 0.157. The quantitative estimate of drug-likeness (QED) is 0.918. The number of benzene rings is 1. The highest BCUT2D eigenvalue weighted by atomic mass is 35.5. The normalized spacial score (nSPS) is 18.1. The Morgan fingerprint density at radius 1 is 1.33 bits per heavy atom. The van der Waals surface area contributed by atoms with Gasteiger partial charge in [0.1, 0.15) is 0 Å². The van der Waals surface area contributed by atoms with E-state index in [-0.39, 0.29) is 25.1 Å². The van der Waals surface area contributed by atoms with Crippen LogP contribution in [-0.4, -0.2) is 37.8 Å². The predicted octanol–water partition coefficient (Wildman–Crippen LogP) is 3.07. The molecule has 18 heavy (non-hydrogen) atoms. The van der Waals surface area contributed by atoms with Crippen LogP contribution in [0.1, 0.15) is 18.0 Å². The number of rotatable bonds is 4. The molecule has 1 aliphatic heterocycles. The summed E-state index contributed by atoms with van der Waals surface area (Å²) in [6.45, 7) is 3.60. The van der Waals surface area contributed by atoms with Gasteiger partial charge in [0, 0.05) is 37.2 Å². The molecule has 0 aliphatic carbocycles. The molecular formula is C13H19Cl2FN2. The molecule has 1 N–H and O–H groups in total. The highest BCUT2D eigenvalue weighted by molar-refractivity contribution is 6.30. The molecular weight excluding hydrogens is 274 g/mol. The van der Waals surface area contributed by atoms with E-state index < -0.39 is 0 Å². The Labute approximate surface area is 119 Å². The van der Waals surface area contributed by atoms with Gasteiger partial charge in [0.15, 0.2) is 0 Å². The summed E-state index contributed by atoms with van der Waals surface area (Å²) in [5, 5.41) is 4.04. The standard InChI is InChI=1S/C13H18ClFN2.ClH/c14-12-3-1-2-11(10-12)13(4-5-15)17-8-6-16-7-9-17;/h1-3,10,13,16H,4-9H2;1H/t13-;/m0./s1. The van der Waals surface area contributed by atoms with Crippen LogP contribution in [0.4, 0.5) is 4.39 Å². The van der Waals surface area contributed by atoms with Crippen molar-refractivity contribution in [1.29, 1.82) is 0 Å². The van der Waals surface area contributed by atoms with E-state index in [1.807, 2.05) is 24.3 Å². The lowest BCUT2D eigenvalue weighted by atomic mass is 10.0. The molecule has 1 atom stereocenters. The van der Waals surface area contributed by atoms with Gasteiger partial charge in [0.25, 0.3) is 0 Å². The van der Waals surface area contributed by atoms with E-state index in [9.17, 15) is 4.39 Å². The maximum atomic E-state index is 12.7. The van der Waals surface area contributed by atoms with Crippen molar-refractivity contribution in [3.05, 3.63) is 34.9 Å². The second-order valence-electron chi connectivity index (χ2n) is 4.33. The van der Waals surface area contributed by atoms with Gasteiger partial charge in [-0.3, -0.25) is 9.29 Å². The molecule has 5 heteroatoms. The highest BCUT2D eigenvalue weighted by Gasteiger charge is 2.21. The van der Waals surface area contributed by atoms with Gasteiger partial charge in [-0.15, -0.1) is 12.4 Å². The lowest BCUT2D eigenvalue weighted by Gasteiger charge is -2.35. The van der Waals surface area contributed by atoms with E-state index in [0.29, 0.717) is 6.42 Å². The van der Waals surface area contributed by atoms with E-state index in [0.717, 1.165) is 36.8 Å². The molecule has 0 bridgehead atoms. The first-order valence-electron chi connectivity index (χ1n) is 6.07.